The van der Waals surface area contributed by atoms with Crippen molar-refractivity contribution in [3.63, 3.8) is 0 Å². The zero-order chi connectivity index (χ0) is 41.0. The van der Waals surface area contributed by atoms with Crippen LogP contribution in [0.4, 0.5) is 0 Å². The van der Waals surface area contributed by atoms with Gasteiger partial charge in [-0.25, -0.2) is 0 Å². The van der Waals surface area contributed by atoms with Gasteiger partial charge >= 0.3 is 6.35 Å². The molecule has 4 saturated heterocycles. The predicted molar refractivity (Wildman–Crippen MR) is 235 cm³/mol. The minimum atomic E-state index is -0.695. The van der Waals surface area contributed by atoms with Gasteiger partial charge in [-0.15, -0.1) is 18.2 Å². The number of rotatable bonds is 16. The fraction of sp³-hybridized carbons (Fsp3) is 0.652. The van der Waals surface area contributed by atoms with Gasteiger partial charge in [0.2, 0.25) is 0 Å². The maximum absolute atomic E-state index is 10.4. The third-order valence-corrected chi connectivity index (χ3v) is 13.2. The van der Waals surface area contributed by atoms with Crippen molar-refractivity contribution in [1.82, 2.24) is 0 Å². The van der Waals surface area contributed by atoms with E-state index in [0.29, 0.717) is 19.3 Å². The van der Waals surface area contributed by atoms with Crippen molar-refractivity contribution in [3.8, 4) is 0 Å². The van der Waals surface area contributed by atoms with Crippen LogP contribution in [-0.4, -0.2) is 96.7 Å². The number of fused-ring (bicyclic) bond motifs is 2. The fourth-order valence-electron chi connectivity index (χ4n) is 9.84. The van der Waals surface area contributed by atoms with Gasteiger partial charge in [-0.2, -0.15) is 0 Å². The molecule has 0 spiro atoms. The van der Waals surface area contributed by atoms with Gasteiger partial charge in [-0.3, -0.25) is 0 Å². The molecule has 0 radical (unpaired) electrons. The summed E-state index contributed by atoms with van der Waals surface area (Å²) in [5.41, 5.74) is 2.61. The fourth-order valence-corrected chi connectivity index (χ4v) is 10.2. The first kappa shape index (κ1) is 45.5. The Kier molecular flexibility index (Phi) is 17.9. The topological polar surface area (TPSA) is 125 Å². The van der Waals surface area contributed by atoms with Gasteiger partial charge in [0.25, 0.3) is 0 Å². The van der Waals surface area contributed by atoms with Crippen molar-refractivity contribution in [3.05, 3.63) is 96.1 Å². The molecule has 59 heavy (non-hydrogen) atoms. The molecule has 16 atom stereocenters. The Bertz CT molecular complexity index is 1560. The Balaban J connectivity index is 0.000000180. The summed E-state index contributed by atoms with van der Waals surface area (Å²) in [5.74, 6) is 0.686. The molecule has 2 aromatic rings. The van der Waals surface area contributed by atoms with Crippen molar-refractivity contribution >= 4 is 24.6 Å². The van der Waals surface area contributed by atoms with E-state index in [-0.39, 0.29) is 73.1 Å². The first-order valence-electron chi connectivity index (χ1n) is 22.3. The van der Waals surface area contributed by atoms with E-state index in [0.717, 1.165) is 83.8 Å². The number of benzene rings is 2. The summed E-state index contributed by atoms with van der Waals surface area (Å²) in [6.07, 6.45) is 19.4. The molecule has 3 N–H and O–H groups in total. The lowest BCUT2D eigenvalue weighted by atomic mass is 9.90. The van der Waals surface area contributed by atoms with E-state index in [4.69, 9.17) is 33.1 Å². The number of aliphatic hydroxyl groups excluding tert-OH is 3. The second-order valence-electron chi connectivity index (χ2n) is 17.1. The van der Waals surface area contributed by atoms with Gasteiger partial charge in [0.1, 0.15) is 0 Å². The molecule has 324 valence electrons. The molecule has 6 fully saturated rings. The summed E-state index contributed by atoms with van der Waals surface area (Å²) in [6.45, 7) is 1.54. The number of hydrogen-bond donors (Lipinski definition) is 3. The van der Waals surface area contributed by atoms with E-state index < -0.39 is 18.7 Å². The van der Waals surface area contributed by atoms with Crippen LogP contribution >= 0.6 is 18.2 Å². The summed E-state index contributed by atoms with van der Waals surface area (Å²) >= 11 is 0. The molecule has 6 aliphatic rings. The summed E-state index contributed by atoms with van der Waals surface area (Å²) in [4.78, 5) is 0. The molecule has 2 aromatic carbocycles. The van der Waals surface area contributed by atoms with E-state index in [1.807, 2.05) is 12.1 Å². The molecule has 4 heterocycles. The van der Waals surface area contributed by atoms with Gasteiger partial charge in [0.05, 0.1) is 36.6 Å². The number of ether oxygens (including phenoxy) is 6. The summed E-state index contributed by atoms with van der Waals surface area (Å²) < 4.78 is 41.7. The molecule has 0 amide bonds. The Labute approximate surface area is 356 Å². The Morgan fingerprint density at radius 2 is 1.14 bits per heavy atom. The SMILES string of the molecule is OC1C[C@@H]2[C@@H](/C=C/[C@H](CCc3ccccc3)OC3CCCCO3)[C@H](O)C[C@@H]2O1.OC1C[C@@H]2[C@@H](/C=C/[C@H](CCc3ccccc3)OC3CCCCO3)[C@H](OB(P)P)C[C@@H]2O1. The monoisotopic (exact) mass is 852 g/mol. The highest BCUT2D eigenvalue weighted by Crippen LogP contribution is 2.46. The van der Waals surface area contributed by atoms with Crippen LogP contribution in [0.5, 0.6) is 0 Å². The molecule has 8 rings (SSSR count). The third kappa shape index (κ3) is 13.7. The highest BCUT2D eigenvalue weighted by Gasteiger charge is 2.49. The van der Waals surface area contributed by atoms with Crippen molar-refractivity contribution in [1.29, 1.82) is 0 Å². The zero-order valence-corrected chi connectivity index (χ0v) is 36.7. The highest BCUT2D eigenvalue weighted by atomic mass is 31.1. The lowest BCUT2D eigenvalue weighted by Crippen LogP contribution is -2.28. The Hall–Kier alpha value is -1.56. The van der Waals surface area contributed by atoms with Gasteiger partial charge in [-0.05, 0) is 93.6 Å². The molecule has 0 bridgehead atoms. The summed E-state index contributed by atoms with van der Waals surface area (Å²) in [6, 6.07) is 21.0. The smallest absolute Gasteiger partial charge is 0.336 e. The number of aliphatic hydroxyl groups is 3. The molecule has 0 aromatic heterocycles. The van der Waals surface area contributed by atoms with Crippen molar-refractivity contribution in [2.45, 2.75) is 152 Å². The van der Waals surface area contributed by atoms with Gasteiger partial charge in [0, 0.05) is 44.3 Å². The normalized spacial score (nSPS) is 35.3. The Morgan fingerprint density at radius 3 is 1.63 bits per heavy atom. The minimum absolute atomic E-state index is 0.00502. The van der Waals surface area contributed by atoms with Gasteiger partial charge in [0.15, 0.2) is 25.2 Å². The van der Waals surface area contributed by atoms with Crippen molar-refractivity contribution in [2.75, 3.05) is 13.2 Å². The first-order valence-corrected chi connectivity index (χ1v) is 23.6. The number of hydrogen-bond acceptors (Lipinski definition) is 10. The van der Waals surface area contributed by atoms with E-state index in [1.54, 1.807) is 0 Å². The van der Waals surface area contributed by atoms with E-state index in [2.05, 4.69) is 91.1 Å². The number of aryl methyl sites for hydroxylation is 2. The summed E-state index contributed by atoms with van der Waals surface area (Å²) in [7, 11) is 5.37. The van der Waals surface area contributed by atoms with Crippen LogP contribution in [0.15, 0.2) is 85.0 Å². The largest absolute Gasteiger partial charge is 0.424 e. The van der Waals surface area contributed by atoms with Crippen LogP contribution in [0.2, 0.25) is 0 Å². The molecule has 4 aliphatic heterocycles. The molecule has 2 aliphatic carbocycles. The van der Waals surface area contributed by atoms with Crippen molar-refractivity contribution < 1.29 is 48.4 Å². The zero-order valence-electron chi connectivity index (χ0n) is 34.4. The summed E-state index contributed by atoms with van der Waals surface area (Å²) in [5, 5.41) is 30.2. The van der Waals surface area contributed by atoms with E-state index in [1.165, 1.54) is 11.1 Å². The molecule has 13 heteroatoms. The highest BCUT2D eigenvalue weighted by molar-refractivity contribution is 7.92. The molecule has 2 saturated carbocycles. The van der Waals surface area contributed by atoms with E-state index in [9.17, 15) is 15.3 Å². The van der Waals surface area contributed by atoms with E-state index >= 15 is 0 Å². The average Bonchev–Trinajstić information content (AvgIpc) is 3.96. The second-order valence-corrected chi connectivity index (χ2v) is 19.2. The van der Waals surface area contributed by atoms with Crippen LogP contribution in [0, 0.1) is 23.7 Å². The standard InChI is InChI=1S/C23H35BO5P2.C23H32O5/c25-22-14-19-18(21(29-24(30)31)15-20(19)28-22)12-11-17(27-23-8-4-5-13-26-23)10-9-16-6-2-1-3-7-16;24-20-15-21-19(14-22(25)28-21)18(20)12-11-17(27-23-8-4-5-13-26-23)10-9-16-6-2-1-3-7-16/h1-3,6-7,11-12,17-23,25H,4-5,8-10,13-15,30-31H2;1-3,6-7,11-12,17-25H,4-5,8-10,13-15H2/b2*12-11+/t17-,18+,19+,20-,21+,22?,23?;17-,18+,19+,20+,21-,22?,23?/m00/s1. The maximum atomic E-state index is 10.4. The van der Waals surface area contributed by atoms with Gasteiger partial charge in [-0.1, -0.05) is 85.0 Å². The minimum Gasteiger partial charge on any atom is -0.424 e. The average molecular weight is 853 g/mol. The van der Waals surface area contributed by atoms with Gasteiger partial charge < -0.3 is 48.4 Å². The lowest BCUT2D eigenvalue weighted by molar-refractivity contribution is -0.179. The van der Waals surface area contributed by atoms with Crippen LogP contribution in [0.25, 0.3) is 0 Å². The molecular weight excluding hydrogens is 785 g/mol. The second kappa shape index (κ2) is 23.2. The van der Waals surface area contributed by atoms with Crippen LogP contribution < -0.4 is 0 Å². The first-order chi connectivity index (χ1) is 28.8. The predicted octanol–water partition coefficient (Wildman–Crippen LogP) is 7.14. The van der Waals surface area contributed by atoms with Crippen LogP contribution in [0.1, 0.15) is 88.2 Å². The van der Waals surface area contributed by atoms with Crippen LogP contribution in [0.3, 0.4) is 0 Å². The molecular formula is C46H67BO10P2. The van der Waals surface area contributed by atoms with Crippen molar-refractivity contribution in [2.24, 2.45) is 23.7 Å². The maximum Gasteiger partial charge on any atom is 0.336 e. The molecule has 10 nitrogen and oxygen atoms in total. The lowest BCUT2D eigenvalue weighted by Gasteiger charge is -2.27. The quantitative estimate of drug-likeness (QED) is 0.0913. The Morgan fingerprint density at radius 1 is 0.644 bits per heavy atom. The third-order valence-electron chi connectivity index (χ3n) is 12.8. The van der Waals surface area contributed by atoms with Crippen LogP contribution in [-0.2, 0) is 45.9 Å². The molecule has 6 unspecified atom stereocenters.